The van der Waals surface area contributed by atoms with Crippen molar-refractivity contribution >= 4 is 45.5 Å². The number of carbonyl (C=O) groups is 5. The molecule has 4 aromatic rings. The summed E-state index contributed by atoms with van der Waals surface area (Å²) in [5.41, 5.74) is 1.62. The molecule has 1 N–H and O–H groups in total. The summed E-state index contributed by atoms with van der Waals surface area (Å²) in [4.78, 5) is 60.6. The predicted molar refractivity (Wildman–Crippen MR) is 202 cm³/mol. The fourth-order valence-corrected chi connectivity index (χ4v) is 6.49. The van der Waals surface area contributed by atoms with Crippen molar-refractivity contribution in [3.05, 3.63) is 144 Å². The van der Waals surface area contributed by atoms with E-state index in [4.69, 9.17) is 39.4 Å². The summed E-state index contributed by atoms with van der Waals surface area (Å²) in [7, 11) is 12.0. The molecule has 2 aliphatic carbocycles. The molecule has 0 aromatic heterocycles. The highest BCUT2D eigenvalue weighted by Crippen LogP contribution is 2.39. The molecule has 2 fully saturated rings. The first-order valence-corrected chi connectivity index (χ1v) is 17.8. The molecular weight excluding hydrogens is 702 g/mol. The van der Waals surface area contributed by atoms with Gasteiger partial charge in [-0.1, -0.05) is 72.8 Å². The van der Waals surface area contributed by atoms with Gasteiger partial charge in [-0.2, -0.15) is 0 Å². The number of esters is 5. The maximum Gasteiger partial charge on any atom is 0.338 e. The van der Waals surface area contributed by atoms with Crippen LogP contribution in [0.4, 0.5) is 0 Å². The minimum absolute atomic E-state index is 0.00801. The molecule has 4 radical (unpaired) electrons. The molecule has 0 bridgehead atoms. The second kappa shape index (κ2) is 19.6. The van der Waals surface area contributed by atoms with Gasteiger partial charge in [-0.3, -0.25) is 4.79 Å². The van der Waals surface area contributed by atoms with Crippen molar-refractivity contribution in [2.75, 3.05) is 13.2 Å². The average Bonchev–Trinajstić information content (AvgIpc) is 3.65. The standard InChI is InChI=1S/C22H21BO6.C20H19BO5/c1-14(24)28-20-18(23)12-17(13-27-21(25)15-8-4-2-5-9-15)19(20)29-22(26)16-10-6-3-7-11-16;21-16-11-15(12-25-19(23)13-7-3-1-4-8-13)18(17(16)22)26-20(24)14-9-5-2-6-10-14/h2-11,17-20H,12-13H2,1H3;1-10,15-18,22H,11-12H2. The minimum Gasteiger partial charge on any atom is -0.462 e. The Morgan fingerprint density at radius 1 is 0.509 bits per heavy atom. The van der Waals surface area contributed by atoms with Crippen LogP contribution in [0.15, 0.2) is 121 Å². The van der Waals surface area contributed by atoms with E-state index in [1.54, 1.807) is 115 Å². The summed E-state index contributed by atoms with van der Waals surface area (Å²) in [6.45, 7) is 1.28. The summed E-state index contributed by atoms with van der Waals surface area (Å²) in [5, 5.41) is 10.3. The smallest absolute Gasteiger partial charge is 0.338 e. The summed E-state index contributed by atoms with van der Waals surface area (Å²) >= 11 is 0. The average molecular weight is 742 g/mol. The third kappa shape index (κ3) is 11.2. The van der Waals surface area contributed by atoms with Crippen LogP contribution in [0.2, 0.25) is 11.6 Å². The van der Waals surface area contributed by atoms with Gasteiger partial charge < -0.3 is 28.8 Å². The van der Waals surface area contributed by atoms with Crippen molar-refractivity contribution < 1.29 is 52.8 Å². The van der Waals surface area contributed by atoms with Crippen molar-refractivity contribution in [1.29, 1.82) is 0 Å². The van der Waals surface area contributed by atoms with Gasteiger partial charge in [0.05, 0.1) is 57.3 Å². The summed E-state index contributed by atoms with van der Waals surface area (Å²) in [6, 6.07) is 34.2. The first-order chi connectivity index (χ1) is 26.5. The van der Waals surface area contributed by atoms with E-state index in [9.17, 15) is 29.1 Å². The number of ether oxygens (including phenoxy) is 5. The lowest BCUT2D eigenvalue weighted by Crippen LogP contribution is -2.37. The number of hydrogen-bond donors (Lipinski definition) is 1. The summed E-state index contributed by atoms with van der Waals surface area (Å²) in [6.07, 6.45) is -2.65. The van der Waals surface area contributed by atoms with Crippen LogP contribution in [-0.4, -0.2) is 88.3 Å². The Morgan fingerprint density at radius 3 is 1.25 bits per heavy atom. The molecule has 13 heteroatoms. The number of aliphatic hydroxyl groups excluding tert-OH is 1. The van der Waals surface area contributed by atoms with Gasteiger partial charge in [0.2, 0.25) is 0 Å². The topological polar surface area (TPSA) is 152 Å². The lowest BCUT2D eigenvalue weighted by atomic mass is 9.83. The Kier molecular flexibility index (Phi) is 14.4. The number of aliphatic hydroxyl groups is 1. The first-order valence-electron chi connectivity index (χ1n) is 17.8. The minimum atomic E-state index is -0.997. The number of hydrogen-bond acceptors (Lipinski definition) is 11. The van der Waals surface area contributed by atoms with E-state index in [1.807, 2.05) is 6.07 Å². The molecule has 0 heterocycles. The zero-order valence-electron chi connectivity index (χ0n) is 30.2. The maximum absolute atomic E-state index is 12.5. The van der Waals surface area contributed by atoms with Crippen molar-refractivity contribution in [2.45, 2.75) is 55.8 Å². The lowest BCUT2D eigenvalue weighted by molar-refractivity contribution is -0.152. The molecule has 0 saturated heterocycles. The third-order valence-electron chi connectivity index (χ3n) is 9.28. The maximum atomic E-state index is 12.5. The van der Waals surface area contributed by atoms with Crippen molar-refractivity contribution in [3.63, 3.8) is 0 Å². The van der Waals surface area contributed by atoms with Crippen LogP contribution in [0.1, 0.15) is 61.2 Å². The van der Waals surface area contributed by atoms with E-state index in [-0.39, 0.29) is 19.1 Å². The third-order valence-corrected chi connectivity index (χ3v) is 9.28. The predicted octanol–water partition coefficient (Wildman–Crippen LogP) is 5.38. The zero-order chi connectivity index (χ0) is 39.3. The Bertz CT molecular complexity index is 1880. The molecule has 55 heavy (non-hydrogen) atoms. The van der Waals surface area contributed by atoms with Gasteiger partial charge in [0.1, 0.15) is 18.3 Å². The first kappa shape index (κ1) is 40.5. The van der Waals surface area contributed by atoms with Crippen LogP contribution in [0.3, 0.4) is 0 Å². The Balaban J connectivity index is 0.000000212. The van der Waals surface area contributed by atoms with Crippen LogP contribution in [-0.2, 0) is 28.5 Å². The monoisotopic (exact) mass is 742 g/mol. The Labute approximate surface area is 322 Å². The van der Waals surface area contributed by atoms with E-state index in [0.29, 0.717) is 35.1 Å². The van der Waals surface area contributed by atoms with Crippen molar-refractivity contribution in [1.82, 2.24) is 0 Å². The van der Waals surface area contributed by atoms with Crippen LogP contribution >= 0.6 is 0 Å². The van der Waals surface area contributed by atoms with E-state index in [1.165, 1.54) is 6.92 Å². The normalized spacial score (nSPS) is 24.0. The van der Waals surface area contributed by atoms with Gasteiger partial charge in [0.25, 0.3) is 0 Å². The highest BCUT2D eigenvalue weighted by Gasteiger charge is 2.46. The fraction of sp³-hybridized carbons (Fsp3) is 0.310. The van der Waals surface area contributed by atoms with E-state index in [2.05, 4.69) is 0 Å². The zero-order valence-corrected chi connectivity index (χ0v) is 30.2. The second-order valence-corrected chi connectivity index (χ2v) is 13.3. The summed E-state index contributed by atoms with van der Waals surface area (Å²) < 4.78 is 27.2. The van der Waals surface area contributed by atoms with Gasteiger partial charge in [-0.15, -0.1) is 0 Å². The fourth-order valence-electron chi connectivity index (χ4n) is 6.49. The molecular formula is C42H40B2O11. The van der Waals surface area contributed by atoms with E-state index >= 15 is 0 Å². The largest absolute Gasteiger partial charge is 0.462 e. The number of rotatable bonds is 11. The molecule has 2 aliphatic rings. The SMILES string of the molecule is [B]C1CC(COC(=O)c2ccccc2)C(OC(=O)c2ccccc2)C1O.[B]C1CC(COC(=O)c2ccccc2)C(OC(=O)c2ccccc2)C1OC(C)=O. The van der Waals surface area contributed by atoms with Gasteiger partial charge in [0, 0.05) is 18.8 Å². The van der Waals surface area contributed by atoms with Crippen LogP contribution in [0.5, 0.6) is 0 Å². The quantitative estimate of drug-likeness (QED) is 0.120. The van der Waals surface area contributed by atoms with Crippen LogP contribution in [0, 0.1) is 11.8 Å². The number of benzene rings is 4. The molecule has 0 amide bonds. The molecule has 0 spiro atoms. The summed E-state index contributed by atoms with van der Waals surface area (Å²) in [5.74, 6) is -4.39. The second-order valence-electron chi connectivity index (χ2n) is 13.3. The molecule has 8 atom stereocenters. The Morgan fingerprint density at radius 2 is 0.855 bits per heavy atom. The number of carbonyl (C=O) groups excluding carboxylic acids is 5. The van der Waals surface area contributed by atoms with Crippen LogP contribution in [0.25, 0.3) is 0 Å². The molecule has 280 valence electrons. The van der Waals surface area contributed by atoms with E-state index < -0.39 is 71.8 Å². The lowest BCUT2D eigenvalue weighted by Gasteiger charge is -2.26. The van der Waals surface area contributed by atoms with Gasteiger partial charge in [-0.25, -0.2) is 19.2 Å². The molecule has 8 unspecified atom stereocenters. The molecule has 11 nitrogen and oxygen atoms in total. The highest BCUT2D eigenvalue weighted by atomic mass is 16.6. The molecule has 0 aliphatic heterocycles. The van der Waals surface area contributed by atoms with Gasteiger partial charge >= 0.3 is 29.8 Å². The molecule has 6 rings (SSSR count). The molecule has 4 aromatic carbocycles. The van der Waals surface area contributed by atoms with Gasteiger partial charge in [-0.05, 0) is 73.0 Å². The highest BCUT2D eigenvalue weighted by molar-refractivity contribution is 6.12. The Hall–Kier alpha value is -5.68. The van der Waals surface area contributed by atoms with Gasteiger partial charge in [0.15, 0.2) is 0 Å². The van der Waals surface area contributed by atoms with Crippen molar-refractivity contribution in [3.8, 4) is 0 Å². The van der Waals surface area contributed by atoms with Crippen LogP contribution < -0.4 is 0 Å². The van der Waals surface area contributed by atoms with Crippen molar-refractivity contribution in [2.24, 2.45) is 11.8 Å². The van der Waals surface area contributed by atoms with E-state index in [0.717, 1.165) is 0 Å². The molecule has 2 saturated carbocycles.